The van der Waals surface area contributed by atoms with Gasteiger partial charge in [-0.2, -0.15) is 5.10 Å². The number of nitrogens with zero attached hydrogens (tertiary/aromatic N) is 4. The van der Waals surface area contributed by atoms with Crippen molar-refractivity contribution in [1.82, 2.24) is 25.3 Å². The lowest BCUT2D eigenvalue weighted by Gasteiger charge is -2.04. The Bertz CT molecular complexity index is 880. The van der Waals surface area contributed by atoms with Gasteiger partial charge in [0.1, 0.15) is 5.69 Å². The van der Waals surface area contributed by atoms with Gasteiger partial charge in [-0.3, -0.25) is 9.48 Å². The molecular weight excluding hydrogens is 330 g/mol. The highest BCUT2D eigenvalue weighted by atomic mass is 16.4. The van der Waals surface area contributed by atoms with Crippen molar-refractivity contribution in [2.45, 2.75) is 46.7 Å². The van der Waals surface area contributed by atoms with E-state index in [1.807, 2.05) is 55.8 Å². The van der Waals surface area contributed by atoms with Gasteiger partial charge in [-0.15, -0.1) is 10.2 Å². The number of rotatable bonds is 7. The van der Waals surface area contributed by atoms with Crippen molar-refractivity contribution >= 4 is 5.91 Å². The molecule has 0 fully saturated rings. The Labute approximate surface area is 152 Å². The molecule has 3 rings (SSSR count). The molecule has 0 saturated carbocycles. The van der Waals surface area contributed by atoms with Crippen LogP contribution in [0.25, 0.3) is 11.6 Å². The zero-order valence-corrected chi connectivity index (χ0v) is 15.3. The van der Waals surface area contributed by atoms with Gasteiger partial charge in [0, 0.05) is 25.9 Å². The van der Waals surface area contributed by atoms with Crippen LogP contribution in [0.3, 0.4) is 0 Å². The monoisotopic (exact) mass is 353 g/mol. The Kier molecular flexibility index (Phi) is 5.46. The Morgan fingerprint density at radius 2 is 1.96 bits per heavy atom. The van der Waals surface area contributed by atoms with E-state index < -0.39 is 0 Å². The van der Waals surface area contributed by atoms with Crippen molar-refractivity contribution in [3.8, 4) is 11.6 Å². The number of hydrogen-bond acceptors (Lipinski definition) is 5. The van der Waals surface area contributed by atoms with Crippen LogP contribution in [0.5, 0.6) is 0 Å². The number of hydrogen-bond donors (Lipinski definition) is 1. The van der Waals surface area contributed by atoms with E-state index >= 15 is 0 Å². The van der Waals surface area contributed by atoms with Gasteiger partial charge in [-0.05, 0) is 32.4 Å². The number of benzene rings is 1. The summed E-state index contributed by atoms with van der Waals surface area (Å²) in [5, 5.41) is 15.4. The summed E-state index contributed by atoms with van der Waals surface area (Å²) >= 11 is 0. The molecule has 0 atom stereocenters. The van der Waals surface area contributed by atoms with Crippen LogP contribution in [0.4, 0.5) is 0 Å². The first-order chi connectivity index (χ1) is 12.5. The molecule has 1 aromatic carbocycles. The maximum Gasteiger partial charge on any atom is 0.265 e. The van der Waals surface area contributed by atoms with E-state index in [1.54, 1.807) is 0 Å². The number of carbonyl (C=O) groups excluding carboxylic acids is 1. The van der Waals surface area contributed by atoms with Crippen LogP contribution >= 0.6 is 0 Å². The van der Waals surface area contributed by atoms with Gasteiger partial charge >= 0.3 is 0 Å². The summed E-state index contributed by atoms with van der Waals surface area (Å²) in [7, 11) is 0. The number of aromatic nitrogens is 4. The van der Waals surface area contributed by atoms with E-state index in [1.165, 1.54) is 5.56 Å². The molecule has 7 nitrogen and oxygen atoms in total. The van der Waals surface area contributed by atoms with Gasteiger partial charge in [-0.25, -0.2) is 0 Å². The zero-order valence-electron chi connectivity index (χ0n) is 15.3. The van der Waals surface area contributed by atoms with Gasteiger partial charge < -0.3 is 9.73 Å². The van der Waals surface area contributed by atoms with Crippen LogP contribution in [-0.2, 0) is 24.3 Å². The zero-order chi connectivity index (χ0) is 18.5. The first-order valence-electron chi connectivity index (χ1n) is 8.74. The Morgan fingerprint density at radius 1 is 1.19 bits per heavy atom. The van der Waals surface area contributed by atoms with E-state index in [2.05, 4.69) is 20.6 Å². The number of aryl methyl sites for hydroxylation is 4. The van der Waals surface area contributed by atoms with Crippen molar-refractivity contribution < 1.29 is 9.21 Å². The molecule has 26 heavy (non-hydrogen) atoms. The molecule has 0 saturated heterocycles. The second-order valence-corrected chi connectivity index (χ2v) is 6.25. The van der Waals surface area contributed by atoms with Crippen molar-refractivity contribution in [2.24, 2.45) is 0 Å². The molecule has 0 radical (unpaired) electrons. The van der Waals surface area contributed by atoms with Crippen LogP contribution in [0, 0.1) is 13.8 Å². The molecule has 0 spiro atoms. The summed E-state index contributed by atoms with van der Waals surface area (Å²) in [6.45, 7) is 7.21. The fourth-order valence-electron chi connectivity index (χ4n) is 2.63. The summed E-state index contributed by atoms with van der Waals surface area (Å²) in [6, 6.07) is 10.0. The molecule has 7 heteroatoms. The molecule has 1 amide bonds. The molecule has 3 aromatic rings. The summed E-state index contributed by atoms with van der Waals surface area (Å²) in [4.78, 5) is 12.0. The molecular formula is C19H23N5O2. The van der Waals surface area contributed by atoms with Crippen LogP contribution in [0.2, 0.25) is 0 Å². The van der Waals surface area contributed by atoms with Crippen LogP contribution in [-0.4, -0.2) is 25.9 Å². The van der Waals surface area contributed by atoms with Crippen molar-refractivity contribution in [3.05, 3.63) is 53.0 Å². The highest BCUT2D eigenvalue weighted by Gasteiger charge is 2.15. The number of amides is 1. The summed E-state index contributed by atoms with van der Waals surface area (Å²) < 4.78 is 7.51. The lowest BCUT2D eigenvalue weighted by Crippen LogP contribution is -2.23. The van der Waals surface area contributed by atoms with Crippen LogP contribution in [0.15, 0.2) is 34.7 Å². The summed E-state index contributed by atoms with van der Waals surface area (Å²) in [6.07, 6.45) is 0.714. The molecule has 0 aliphatic carbocycles. The molecule has 2 heterocycles. The Morgan fingerprint density at radius 3 is 2.69 bits per heavy atom. The topological polar surface area (TPSA) is 85.8 Å². The lowest BCUT2D eigenvalue weighted by molar-refractivity contribution is -0.121. The first-order valence-corrected chi connectivity index (χ1v) is 8.74. The largest absolute Gasteiger partial charge is 0.419 e. The maximum atomic E-state index is 12.0. The number of carbonyl (C=O) groups is 1. The molecule has 2 aromatic heterocycles. The fourth-order valence-corrected chi connectivity index (χ4v) is 2.63. The predicted molar refractivity (Wildman–Crippen MR) is 97.3 cm³/mol. The minimum Gasteiger partial charge on any atom is -0.419 e. The van der Waals surface area contributed by atoms with Crippen LogP contribution in [0.1, 0.15) is 36.1 Å². The average Bonchev–Trinajstić information content (AvgIpc) is 3.25. The smallest absolute Gasteiger partial charge is 0.265 e. The predicted octanol–water partition coefficient (Wildman–Crippen LogP) is 2.82. The summed E-state index contributed by atoms with van der Waals surface area (Å²) in [5.74, 6) is 0.842. The van der Waals surface area contributed by atoms with E-state index in [0.717, 1.165) is 23.5 Å². The van der Waals surface area contributed by atoms with E-state index in [4.69, 9.17) is 4.42 Å². The highest BCUT2D eigenvalue weighted by Crippen LogP contribution is 2.19. The molecule has 136 valence electrons. The second-order valence-electron chi connectivity index (χ2n) is 6.25. The minimum atomic E-state index is -0.0419. The summed E-state index contributed by atoms with van der Waals surface area (Å²) in [5.41, 5.74) is 3.98. The van der Waals surface area contributed by atoms with Gasteiger partial charge in [0.05, 0.1) is 5.69 Å². The van der Waals surface area contributed by atoms with Crippen molar-refractivity contribution in [1.29, 1.82) is 0 Å². The Hall–Kier alpha value is -2.96. The van der Waals surface area contributed by atoms with E-state index in [9.17, 15) is 4.79 Å². The lowest BCUT2D eigenvalue weighted by atomic mass is 10.1. The number of nitrogens with one attached hydrogen (secondary N) is 1. The van der Waals surface area contributed by atoms with E-state index in [-0.39, 0.29) is 5.91 Å². The molecule has 1 N–H and O–H groups in total. The van der Waals surface area contributed by atoms with Gasteiger partial charge in [-0.1, -0.05) is 29.8 Å². The molecule has 0 aliphatic rings. The van der Waals surface area contributed by atoms with Crippen LogP contribution < -0.4 is 5.32 Å². The third-order valence-electron chi connectivity index (χ3n) is 4.06. The van der Waals surface area contributed by atoms with Gasteiger partial charge in [0.25, 0.3) is 5.89 Å². The highest BCUT2D eigenvalue weighted by molar-refractivity contribution is 5.76. The second kappa shape index (κ2) is 7.95. The Balaban J connectivity index is 1.52. The average molecular weight is 353 g/mol. The van der Waals surface area contributed by atoms with Crippen molar-refractivity contribution in [2.75, 3.05) is 0 Å². The molecule has 0 aliphatic heterocycles. The normalized spacial score (nSPS) is 10.9. The first kappa shape index (κ1) is 17.8. The SMILES string of the molecule is CCn1nc(C)cc1-c1nnc(CCC(=O)NCc2ccc(C)cc2)o1. The third kappa shape index (κ3) is 4.36. The quantitative estimate of drug-likeness (QED) is 0.706. The van der Waals surface area contributed by atoms with Gasteiger partial charge in [0.2, 0.25) is 11.8 Å². The molecule has 0 bridgehead atoms. The molecule has 0 unspecified atom stereocenters. The fraction of sp³-hybridized carbons (Fsp3) is 0.368. The standard InChI is InChI=1S/C19H23N5O2/c1-4-24-16(11-14(3)23-24)19-22-21-18(26-19)10-9-17(25)20-12-15-7-5-13(2)6-8-15/h5-8,11H,4,9-10,12H2,1-3H3,(H,20,25). The third-order valence-corrected chi connectivity index (χ3v) is 4.06. The maximum absolute atomic E-state index is 12.0. The van der Waals surface area contributed by atoms with E-state index in [0.29, 0.717) is 31.2 Å². The van der Waals surface area contributed by atoms with Crippen molar-refractivity contribution in [3.63, 3.8) is 0 Å². The van der Waals surface area contributed by atoms with Gasteiger partial charge in [0.15, 0.2) is 0 Å². The minimum absolute atomic E-state index is 0.0419.